The predicted molar refractivity (Wildman–Crippen MR) is 49.7 cm³/mol. The molecule has 0 aliphatic heterocycles. The van der Waals surface area contributed by atoms with Gasteiger partial charge in [-0.3, -0.25) is 9.89 Å². The lowest BCUT2D eigenvalue weighted by atomic mass is 10.1. The molecule has 1 amide bonds. The predicted octanol–water partition coefficient (Wildman–Crippen LogP) is -0.0880. The Balaban J connectivity index is 1.84. The van der Waals surface area contributed by atoms with Gasteiger partial charge < -0.3 is 10.4 Å². The van der Waals surface area contributed by atoms with Gasteiger partial charge >= 0.3 is 0 Å². The van der Waals surface area contributed by atoms with E-state index in [1.54, 1.807) is 6.20 Å². The van der Waals surface area contributed by atoms with Crippen molar-refractivity contribution in [2.45, 2.75) is 12.8 Å². The van der Waals surface area contributed by atoms with Crippen molar-refractivity contribution in [3.63, 3.8) is 0 Å². The number of hydrogen-bond donors (Lipinski definition) is 3. The molecule has 1 aromatic heterocycles. The zero-order valence-corrected chi connectivity index (χ0v) is 7.79. The SMILES string of the molecule is O=C(NCC1(CO)CC1)c1cn[nH]c1. The van der Waals surface area contributed by atoms with E-state index < -0.39 is 0 Å². The highest BCUT2D eigenvalue weighted by Crippen LogP contribution is 2.44. The highest BCUT2D eigenvalue weighted by atomic mass is 16.3. The van der Waals surface area contributed by atoms with E-state index in [0.29, 0.717) is 12.1 Å². The van der Waals surface area contributed by atoms with Gasteiger partial charge in [-0.2, -0.15) is 5.10 Å². The fourth-order valence-electron chi connectivity index (χ4n) is 1.31. The minimum Gasteiger partial charge on any atom is -0.396 e. The van der Waals surface area contributed by atoms with Crippen LogP contribution in [0.25, 0.3) is 0 Å². The van der Waals surface area contributed by atoms with E-state index in [1.165, 1.54) is 6.20 Å². The van der Waals surface area contributed by atoms with Crippen molar-refractivity contribution in [2.75, 3.05) is 13.2 Å². The number of aliphatic hydroxyl groups is 1. The summed E-state index contributed by atoms with van der Waals surface area (Å²) >= 11 is 0. The Labute approximate surface area is 81.5 Å². The third kappa shape index (κ3) is 1.77. The van der Waals surface area contributed by atoms with Crippen molar-refractivity contribution in [3.8, 4) is 0 Å². The second-order valence-corrected chi connectivity index (χ2v) is 3.83. The van der Waals surface area contributed by atoms with Gasteiger partial charge in [0.15, 0.2) is 0 Å². The summed E-state index contributed by atoms with van der Waals surface area (Å²) in [5.74, 6) is -0.140. The fourth-order valence-corrected chi connectivity index (χ4v) is 1.31. The molecule has 5 heteroatoms. The number of aromatic amines is 1. The van der Waals surface area contributed by atoms with Crippen LogP contribution in [0.3, 0.4) is 0 Å². The largest absolute Gasteiger partial charge is 0.396 e. The number of aromatic nitrogens is 2. The second-order valence-electron chi connectivity index (χ2n) is 3.83. The molecule has 2 rings (SSSR count). The maximum absolute atomic E-state index is 11.4. The molecule has 76 valence electrons. The summed E-state index contributed by atoms with van der Waals surface area (Å²) in [5.41, 5.74) is 0.484. The van der Waals surface area contributed by atoms with Gasteiger partial charge in [0.05, 0.1) is 18.4 Å². The standard InChI is InChI=1S/C9H13N3O2/c13-6-9(1-2-9)5-10-8(14)7-3-11-12-4-7/h3-4,13H,1-2,5-6H2,(H,10,14)(H,11,12). The molecule has 0 spiro atoms. The van der Waals surface area contributed by atoms with Crippen molar-refractivity contribution < 1.29 is 9.90 Å². The molecule has 5 nitrogen and oxygen atoms in total. The van der Waals surface area contributed by atoms with Crippen LogP contribution in [-0.4, -0.2) is 34.4 Å². The normalized spacial score (nSPS) is 17.8. The molecule has 1 aliphatic rings. The van der Waals surface area contributed by atoms with Gasteiger partial charge in [-0.1, -0.05) is 0 Å². The number of H-pyrrole nitrogens is 1. The van der Waals surface area contributed by atoms with Crippen LogP contribution >= 0.6 is 0 Å². The molecule has 0 atom stereocenters. The number of rotatable bonds is 4. The number of nitrogens with one attached hydrogen (secondary N) is 2. The highest BCUT2D eigenvalue weighted by molar-refractivity contribution is 5.93. The Morgan fingerprint density at radius 3 is 3.00 bits per heavy atom. The van der Waals surface area contributed by atoms with Crippen LogP contribution in [0.2, 0.25) is 0 Å². The first-order valence-electron chi connectivity index (χ1n) is 4.64. The molecule has 1 aromatic rings. The minimum atomic E-state index is -0.140. The van der Waals surface area contributed by atoms with Crippen molar-refractivity contribution >= 4 is 5.91 Å². The average molecular weight is 195 g/mol. The van der Waals surface area contributed by atoms with Crippen LogP contribution in [-0.2, 0) is 0 Å². The third-order valence-electron chi connectivity index (χ3n) is 2.68. The first kappa shape index (κ1) is 9.21. The molecule has 0 saturated heterocycles. The molecule has 0 aromatic carbocycles. The maximum atomic E-state index is 11.4. The van der Waals surface area contributed by atoms with Crippen LogP contribution in [0.4, 0.5) is 0 Å². The van der Waals surface area contributed by atoms with Crippen molar-refractivity contribution in [3.05, 3.63) is 18.0 Å². The van der Waals surface area contributed by atoms with Crippen LogP contribution in [0, 0.1) is 5.41 Å². The molecule has 1 heterocycles. The third-order valence-corrected chi connectivity index (χ3v) is 2.68. The molecule has 1 aliphatic carbocycles. The van der Waals surface area contributed by atoms with E-state index in [2.05, 4.69) is 15.5 Å². The fraction of sp³-hybridized carbons (Fsp3) is 0.556. The van der Waals surface area contributed by atoms with Gasteiger partial charge in [0.1, 0.15) is 0 Å². The molecule has 0 bridgehead atoms. The number of hydrogen-bond acceptors (Lipinski definition) is 3. The lowest BCUT2D eigenvalue weighted by Crippen LogP contribution is -2.31. The monoisotopic (exact) mass is 195 g/mol. The van der Waals surface area contributed by atoms with E-state index in [1.807, 2.05) is 0 Å². The Morgan fingerprint density at radius 2 is 2.50 bits per heavy atom. The maximum Gasteiger partial charge on any atom is 0.254 e. The summed E-state index contributed by atoms with van der Waals surface area (Å²) < 4.78 is 0. The van der Waals surface area contributed by atoms with Gasteiger partial charge in [0.2, 0.25) is 0 Å². The van der Waals surface area contributed by atoms with Gasteiger partial charge in [-0.05, 0) is 12.8 Å². The van der Waals surface area contributed by atoms with Crippen LogP contribution in [0.15, 0.2) is 12.4 Å². The molecule has 0 unspecified atom stereocenters. The van der Waals surface area contributed by atoms with E-state index in [-0.39, 0.29) is 17.9 Å². The van der Waals surface area contributed by atoms with Crippen LogP contribution in [0.1, 0.15) is 23.2 Å². The topological polar surface area (TPSA) is 78.0 Å². The van der Waals surface area contributed by atoms with Crippen LogP contribution in [0.5, 0.6) is 0 Å². The van der Waals surface area contributed by atoms with E-state index in [9.17, 15) is 4.79 Å². The zero-order valence-electron chi connectivity index (χ0n) is 7.79. The van der Waals surface area contributed by atoms with Gasteiger partial charge in [-0.25, -0.2) is 0 Å². The van der Waals surface area contributed by atoms with E-state index >= 15 is 0 Å². The summed E-state index contributed by atoms with van der Waals surface area (Å²) in [7, 11) is 0. The molecule has 1 fully saturated rings. The second kappa shape index (κ2) is 3.42. The van der Waals surface area contributed by atoms with Crippen molar-refractivity contribution in [1.82, 2.24) is 15.5 Å². The summed E-state index contributed by atoms with van der Waals surface area (Å²) in [6.07, 6.45) is 5.02. The molecule has 14 heavy (non-hydrogen) atoms. The Bertz CT molecular complexity index is 317. The summed E-state index contributed by atoms with van der Waals surface area (Å²) in [4.78, 5) is 11.4. The highest BCUT2D eigenvalue weighted by Gasteiger charge is 2.42. The summed E-state index contributed by atoms with van der Waals surface area (Å²) in [6, 6.07) is 0. The van der Waals surface area contributed by atoms with Gasteiger partial charge in [-0.15, -0.1) is 0 Å². The minimum absolute atomic E-state index is 0.0423. The van der Waals surface area contributed by atoms with E-state index in [0.717, 1.165) is 12.8 Å². The molecule has 1 saturated carbocycles. The first-order chi connectivity index (χ1) is 6.76. The first-order valence-corrected chi connectivity index (χ1v) is 4.64. The lowest BCUT2D eigenvalue weighted by Gasteiger charge is -2.11. The van der Waals surface area contributed by atoms with Crippen LogP contribution < -0.4 is 5.32 Å². The number of aliphatic hydroxyl groups excluding tert-OH is 1. The Morgan fingerprint density at radius 1 is 1.71 bits per heavy atom. The number of amides is 1. The number of carbonyl (C=O) groups is 1. The number of nitrogens with zero attached hydrogens (tertiary/aromatic N) is 1. The Hall–Kier alpha value is -1.36. The van der Waals surface area contributed by atoms with Gasteiger partial charge in [0.25, 0.3) is 5.91 Å². The van der Waals surface area contributed by atoms with E-state index in [4.69, 9.17) is 5.11 Å². The molecular formula is C9H13N3O2. The zero-order chi connectivity index (χ0) is 10.0. The van der Waals surface area contributed by atoms with Crippen molar-refractivity contribution in [1.29, 1.82) is 0 Å². The molecule has 0 radical (unpaired) electrons. The quantitative estimate of drug-likeness (QED) is 0.628. The Kier molecular flexibility index (Phi) is 2.25. The smallest absolute Gasteiger partial charge is 0.254 e. The number of carbonyl (C=O) groups excluding carboxylic acids is 1. The van der Waals surface area contributed by atoms with Crippen molar-refractivity contribution in [2.24, 2.45) is 5.41 Å². The molecular weight excluding hydrogens is 182 g/mol. The summed E-state index contributed by atoms with van der Waals surface area (Å²) in [5, 5.41) is 18.1. The van der Waals surface area contributed by atoms with Gasteiger partial charge in [0, 0.05) is 18.2 Å². The summed E-state index contributed by atoms with van der Waals surface area (Å²) in [6.45, 7) is 0.701. The average Bonchev–Trinajstić information content (AvgIpc) is 2.78. The molecule has 3 N–H and O–H groups in total. The lowest BCUT2D eigenvalue weighted by molar-refractivity contribution is 0.0935.